The van der Waals surface area contributed by atoms with Crippen molar-refractivity contribution in [3.05, 3.63) is 59.9 Å². The lowest BCUT2D eigenvalue weighted by atomic mass is 9.83. The third-order valence-corrected chi connectivity index (χ3v) is 6.04. The van der Waals surface area contributed by atoms with Crippen molar-refractivity contribution in [3.63, 3.8) is 0 Å². The van der Waals surface area contributed by atoms with Crippen LogP contribution >= 0.6 is 0 Å². The van der Waals surface area contributed by atoms with Crippen LogP contribution in [0.3, 0.4) is 0 Å². The molecule has 1 aliphatic rings. The van der Waals surface area contributed by atoms with Crippen molar-refractivity contribution >= 4 is 23.3 Å². The highest BCUT2D eigenvalue weighted by Gasteiger charge is 2.57. The van der Waals surface area contributed by atoms with E-state index in [9.17, 15) is 40.7 Å². The van der Waals surface area contributed by atoms with E-state index in [1.807, 2.05) is 0 Å². The number of ether oxygens (including phenoxy) is 1. The maximum Gasteiger partial charge on any atom is 0.453 e. The van der Waals surface area contributed by atoms with Gasteiger partial charge in [0.15, 0.2) is 0 Å². The molecular weight excluding hydrogens is 506 g/mol. The number of halogens is 6. The minimum Gasteiger partial charge on any atom is -0.485 e. The number of hydrogen-bond acceptors (Lipinski definition) is 4. The highest BCUT2D eigenvalue weighted by Crippen LogP contribution is 2.39. The quantitative estimate of drug-likeness (QED) is 0.379. The van der Waals surface area contributed by atoms with Gasteiger partial charge in [-0.05, 0) is 31.5 Å². The van der Waals surface area contributed by atoms with Gasteiger partial charge in [-0.2, -0.15) is 22.0 Å². The Morgan fingerprint density at radius 1 is 1.03 bits per heavy atom. The molecule has 1 aliphatic heterocycles. The van der Waals surface area contributed by atoms with Gasteiger partial charge in [0.25, 0.3) is 5.91 Å². The van der Waals surface area contributed by atoms with Gasteiger partial charge in [0.2, 0.25) is 5.91 Å². The third-order valence-electron chi connectivity index (χ3n) is 6.04. The average Bonchev–Trinajstić information content (AvgIpc) is 2.93. The van der Waals surface area contributed by atoms with Gasteiger partial charge in [-0.25, -0.2) is 4.39 Å². The van der Waals surface area contributed by atoms with E-state index in [-0.39, 0.29) is 17.9 Å². The number of hydrogen-bond donors (Lipinski definition) is 2. The van der Waals surface area contributed by atoms with Gasteiger partial charge in [0, 0.05) is 25.3 Å². The van der Waals surface area contributed by atoms with Gasteiger partial charge in [0.05, 0.1) is 5.69 Å². The van der Waals surface area contributed by atoms with E-state index in [4.69, 9.17) is 4.74 Å². The molecule has 2 aromatic carbocycles. The predicted octanol–water partition coefficient (Wildman–Crippen LogP) is 4.83. The monoisotopic (exact) mass is 530 g/mol. The normalized spacial score (nSPS) is 18.2. The molecule has 2 aromatic rings. The van der Waals surface area contributed by atoms with E-state index in [0.29, 0.717) is 0 Å². The van der Waals surface area contributed by atoms with Crippen molar-refractivity contribution in [3.8, 4) is 5.75 Å². The largest absolute Gasteiger partial charge is 0.485 e. The Kier molecular flexibility index (Phi) is 7.89. The summed E-state index contributed by atoms with van der Waals surface area (Å²) in [5, 5.41) is 4.83. The zero-order valence-electron chi connectivity index (χ0n) is 19.8. The lowest BCUT2D eigenvalue weighted by Gasteiger charge is -2.29. The molecule has 0 saturated heterocycles. The number of fused-ring (bicyclic) bond motifs is 1. The van der Waals surface area contributed by atoms with Crippen molar-refractivity contribution in [2.45, 2.75) is 57.4 Å². The van der Waals surface area contributed by atoms with Crippen LogP contribution < -0.4 is 15.4 Å². The minimum absolute atomic E-state index is 0.00419. The number of benzene rings is 2. The molecule has 3 rings (SSSR count). The Balaban J connectivity index is 1.83. The Morgan fingerprint density at radius 2 is 1.68 bits per heavy atom. The van der Waals surface area contributed by atoms with E-state index in [1.54, 1.807) is 30.3 Å². The van der Waals surface area contributed by atoms with Crippen LogP contribution in [0.15, 0.2) is 48.5 Å². The molecule has 1 heterocycles. The second-order valence-electron chi connectivity index (χ2n) is 9.18. The highest BCUT2D eigenvalue weighted by atomic mass is 19.4. The molecule has 0 fully saturated rings. The van der Waals surface area contributed by atoms with Crippen LogP contribution in [0.2, 0.25) is 0 Å². The SMILES string of the molecule is CC(C)(C(=O)CCC(F)(F)C(F)(F)F)C(=O)N[C@H]1C(=O)Nc2cc(F)ccc2O[C@@H]1Cc1ccccc1. The van der Waals surface area contributed by atoms with Crippen LogP contribution in [0.4, 0.5) is 32.0 Å². The highest BCUT2D eigenvalue weighted by molar-refractivity contribution is 6.07. The van der Waals surface area contributed by atoms with Crippen molar-refractivity contribution in [1.29, 1.82) is 0 Å². The molecule has 2 N–H and O–H groups in total. The second-order valence-corrected chi connectivity index (χ2v) is 9.18. The van der Waals surface area contributed by atoms with Crippen molar-refractivity contribution < 1.29 is 45.5 Å². The smallest absolute Gasteiger partial charge is 0.453 e. The predicted molar refractivity (Wildman–Crippen MR) is 121 cm³/mol. The summed E-state index contributed by atoms with van der Waals surface area (Å²) in [5.74, 6) is -8.69. The topological polar surface area (TPSA) is 84.5 Å². The first-order valence-electron chi connectivity index (χ1n) is 11.2. The number of anilines is 1. The summed E-state index contributed by atoms with van der Waals surface area (Å²) in [6.45, 7) is 2.12. The van der Waals surface area contributed by atoms with Gasteiger partial charge in [0.1, 0.15) is 34.9 Å². The molecule has 200 valence electrons. The molecule has 0 saturated carbocycles. The molecule has 0 aliphatic carbocycles. The molecular formula is C25H24F6N2O4. The van der Waals surface area contributed by atoms with Gasteiger partial charge in [-0.3, -0.25) is 14.4 Å². The van der Waals surface area contributed by atoms with Gasteiger partial charge in [-0.15, -0.1) is 0 Å². The molecule has 0 radical (unpaired) electrons. The zero-order valence-corrected chi connectivity index (χ0v) is 19.8. The number of ketones is 1. The summed E-state index contributed by atoms with van der Waals surface area (Å²) in [6.07, 6.45) is -9.83. The molecule has 37 heavy (non-hydrogen) atoms. The number of alkyl halides is 5. The van der Waals surface area contributed by atoms with Crippen LogP contribution in [-0.2, 0) is 20.8 Å². The summed E-state index contributed by atoms with van der Waals surface area (Å²) in [5.41, 5.74) is -1.33. The molecule has 0 aromatic heterocycles. The molecule has 0 spiro atoms. The molecule has 0 unspecified atom stereocenters. The molecule has 2 amide bonds. The minimum atomic E-state index is -5.84. The van der Waals surface area contributed by atoms with Gasteiger partial charge < -0.3 is 15.4 Å². The lowest BCUT2D eigenvalue weighted by molar-refractivity contribution is -0.284. The molecule has 12 heteroatoms. The second kappa shape index (κ2) is 10.4. The van der Waals surface area contributed by atoms with E-state index in [0.717, 1.165) is 31.5 Å². The number of rotatable bonds is 8. The van der Waals surface area contributed by atoms with Crippen molar-refractivity contribution in [1.82, 2.24) is 5.32 Å². The Morgan fingerprint density at radius 3 is 2.30 bits per heavy atom. The van der Waals surface area contributed by atoms with E-state index >= 15 is 0 Å². The van der Waals surface area contributed by atoms with Crippen molar-refractivity contribution in [2.24, 2.45) is 5.41 Å². The first-order chi connectivity index (χ1) is 17.1. The Labute approximate surface area is 208 Å². The average molecular weight is 530 g/mol. The Bertz CT molecular complexity index is 1170. The zero-order chi connectivity index (χ0) is 27.6. The summed E-state index contributed by atoms with van der Waals surface area (Å²) in [6, 6.07) is 10.7. The van der Waals surface area contributed by atoms with Gasteiger partial charge in [-0.1, -0.05) is 30.3 Å². The Hall–Kier alpha value is -3.57. The number of nitrogens with one attached hydrogen (secondary N) is 2. The summed E-state index contributed by atoms with van der Waals surface area (Å²) in [4.78, 5) is 38.6. The summed E-state index contributed by atoms with van der Waals surface area (Å²) in [7, 11) is 0. The van der Waals surface area contributed by atoms with Crippen LogP contribution in [-0.4, -0.2) is 41.8 Å². The van der Waals surface area contributed by atoms with Gasteiger partial charge >= 0.3 is 12.1 Å². The van der Waals surface area contributed by atoms with Crippen LogP contribution in [0.25, 0.3) is 0 Å². The maximum atomic E-state index is 13.7. The van der Waals surface area contributed by atoms with Crippen LogP contribution in [0.5, 0.6) is 5.75 Å². The number of carbonyl (C=O) groups is 3. The van der Waals surface area contributed by atoms with Crippen LogP contribution in [0, 0.1) is 11.2 Å². The molecule has 0 bridgehead atoms. The van der Waals surface area contributed by atoms with E-state index in [2.05, 4.69) is 10.6 Å². The lowest BCUT2D eigenvalue weighted by Crippen LogP contribution is -2.56. The fraction of sp³-hybridized carbons (Fsp3) is 0.400. The standard InChI is InChI=1S/C25H24F6N2O4/c1-23(2,19(34)10-11-24(27,28)25(29,30)31)22(36)33-20-18(12-14-6-4-3-5-7-14)37-17-9-8-15(26)13-16(17)32-21(20)35/h3-9,13,18,20H,10-12H2,1-2H3,(H,32,35)(H,33,36)/t18-,20-/m1/s1. The summed E-state index contributed by atoms with van der Waals surface area (Å²) < 4.78 is 83.7. The molecule has 6 nitrogen and oxygen atoms in total. The fourth-order valence-electron chi connectivity index (χ4n) is 3.65. The molecule has 2 atom stereocenters. The first kappa shape index (κ1) is 28.0. The third kappa shape index (κ3) is 6.41. The summed E-state index contributed by atoms with van der Waals surface area (Å²) >= 11 is 0. The number of carbonyl (C=O) groups excluding carboxylic acids is 3. The first-order valence-corrected chi connectivity index (χ1v) is 11.2. The van der Waals surface area contributed by atoms with E-state index < -0.39 is 65.9 Å². The van der Waals surface area contributed by atoms with E-state index in [1.165, 1.54) is 6.07 Å². The van der Waals surface area contributed by atoms with Crippen molar-refractivity contribution in [2.75, 3.05) is 5.32 Å². The maximum absolute atomic E-state index is 13.7. The number of amides is 2. The van der Waals surface area contributed by atoms with Crippen LogP contribution in [0.1, 0.15) is 32.3 Å². The number of Topliss-reactive ketones (excluding diaryl/α,β-unsaturated/α-hetero) is 1. The fourth-order valence-corrected chi connectivity index (χ4v) is 3.65.